The third-order valence-corrected chi connectivity index (χ3v) is 4.37. The normalized spacial score (nSPS) is 10.9. The summed E-state index contributed by atoms with van der Waals surface area (Å²) in [7, 11) is 0. The Hall–Kier alpha value is -2.45. The molecule has 3 rings (SSSR count). The maximum Gasteiger partial charge on any atom is 0.271 e. The number of ether oxygens (including phenoxy) is 1. The summed E-state index contributed by atoms with van der Waals surface area (Å²) in [4.78, 5) is 27.1. The lowest BCUT2D eigenvalue weighted by Gasteiger charge is -2.07. The van der Waals surface area contributed by atoms with Crippen LogP contribution in [-0.4, -0.2) is 14.3 Å². The predicted molar refractivity (Wildman–Crippen MR) is 86.5 cm³/mol. The molecule has 0 saturated carbocycles. The van der Waals surface area contributed by atoms with Gasteiger partial charge in [-0.15, -0.1) is 11.3 Å². The van der Waals surface area contributed by atoms with E-state index in [-0.39, 0.29) is 22.9 Å². The highest BCUT2D eigenvalue weighted by molar-refractivity contribution is 7.15. The fourth-order valence-electron chi connectivity index (χ4n) is 2.05. The molecule has 23 heavy (non-hydrogen) atoms. The zero-order valence-corrected chi connectivity index (χ0v) is 13.4. The highest BCUT2D eigenvalue weighted by Crippen LogP contribution is 2.29. The molecule has 2 heterocycles. The number of fused-ring (bicyclic) bond motifs is 1. The standard InChI is InChI=1S/C14H10ClN3O4S/c1-8-7-23-14-16-9(4-13(19)17(8)14)6-22-12-3-2-10(18(20)21)5-11(12)15/h2-5,7H,6H2,1H3. The molecular formula is C14H10ClN3O4S. The Morgan fingerprint density at radius 2 is 2.22 bits per heavy atom. The van der Waals surface area contributed by atoms with Crippen molar-refractivity contribution in [1.82, 2.24) is 9.38 Å². The van der Waals surface area contributed by atoms with E-state index in [1.807, 2.05) is 12.3 Å². The van der Waals surface area contributed by atoms with Crippen molar-refractivity contribution in [1.29, 1.82) is 0 Å². The van der Waals surface area contributed by atoms with E-state index in [0.29, 0.717) is 16.4 Å². The Morgan fingerprint density at radius 3 is 2.91 bits per heavy atom. The zero-order chi connectivity index (χ0) is 16.6. The van der Waals surface area contributed by atoms with E-state index in [0.717, 1.165) is 5.69 Å². The predicted octanol–water partition coefficient (Wildman–Crippen LogP) is 3.21. The minimum Gasteiger partial charge on any atom is -0.486 e. The Bertz CT molecular complexity index is 966. The summed E-state index contributed by atoms with van der Waals surface area (Å²) in [6, 6.07) is 5.33. The number of nitro groups is 1. The Morgan fingerprint density at radius 1 is 1.43 bits per heavy atom. The fraction of sp³-hybridized carbons (Fsp3) is 0.143. The van der Waals surface area contributed by atoms with Crippen molar-refractivity contribution < 1.29 is 9.66 Å². The van der Waals surface area contributed by atoms with E-state index in [2.05, 4.69) is 4.98 Å². The molecular weight excluding hydrogens is 342 g/mol. The second-order valence-corrected chi connectivity index (χ2v) is 5.99. The second-order valence-electron chi connectivity index (χ2n) is 4.74. The van der Waals surface area contributed by atoms with Gasteiger partial charge in [-0.1, -0.05) is 11.6 Å². The monoisotopic (exact) mass is 351 g/mol. The molecule has 0 atom stereocenters. The molecule has 1 aromatic carbocycles. The van der Waals surface area contributed by atoms with Crippen LogP contribution in [-0.2, 0) is 6.61 Å². The van der Waals surface area contributed by atoms with Gasteiger partial charge in [-0.25, -0.2) is 4.98 Å². The van der Waals surface area contributed by atoms with Crippen LogP contribution in [0.25, 0.3) is 4.96 Å². The maximum atomic E-state index is 12.1. The van der Waals surface area contributed by atoms with Gasteiger partial charge >= 0.3 is 0 Å². The first kappa shape index (κ1) is 15.4. The molecule has 2 aromatic heterocycles. The van der Waals surface area contributed by atoms with Gasteiger partial charge in [-0.05, 0) is 13.0 Å². The Labute approximate surface area is 138 Å². The van der Waals surface area contributed by atoms with Crippen molar-refractivity contribution in [2.24, 2.45) is 0 Å². The summed E-state index contributed by atoms with van der Waals surface area (Å²) in [5, 5.41) is 12.6. The van der Waals surface area contributed by atoms with Crippen LogP contribution in [0.5, 0.6) is 5.75 Å². The van der Waals surface area contributed by atoms with Gasteiger partial charge in [0.2, 0.25) is 0 Å². The van der Waals surface area contributed by atoms with Crippen molar-refractivity contribution in [3.8, 4) is 5.75 Å². The van der Waals surface area contributed by atoms with Crippen LogP contribution in [0, 0.1) is 17.0 Å². The average Bonchev–Trinajstić information content (AvgIpc) is 2.87. The highest BCUT2D eigenvalue weighted by Gasteiger charge is 2.11. The molecule has 0 bridgehead atoms. The average molecular weight is 352 g/mol. The lowest BCUT2D eigenvalue weighted by molar-refractivity contribution is -0.384. The van der Waals surface area contributed by atoms with Gasteiger partial charge in [-0.2, -0.15) is 0 Å². The number of halogens is 1. The lowest BCUT2D eigenvalue weighted by atomic mass is 10.3. The maximum absolute atomic E-state index is 12.1. The fourth-order valence-corrected chi connectivity index (χ4v) is 3.17. The van der Waals surface area contributed by atoms with E-state index in [1.165, 1.54) is 40.0 Å². The number of benzene rings is 1. The number of aryl methyl sites for hydroxylation is 1. The number of nitro benzene ring substituents is 1. The molecule has 0 aliphatic rings. The van der Waals surface area contributed by atoms with E-state index < -0.39 is 4.92 Å². The van der Waals surface area contributed by atoms with Crippen LogP contribution < -0.4 is 10.3 Å². The number of rotatable bonds is 4. The number of nitrogens with zero attached hydrogens (tertiary/aromatic N) is 3. The number of hydrogen-bond donors (Lipinski definition) is 0. The lowest BCUT2D eigenvalue weighted by Crippen LogP contribution is -2.16. The second kappa shape index (κ2) is 5.98. The smallest absolute Gasteiger partial charge is 0.271 e. The van der Waals surface area contributed by atoms with Crippen molar-refractivity contribution in [3.63, 3.8) is 0 Å². The molecule has 9 heteroatoms. The first-order valence-corrected chi connectivity index (χ1v) is 7.75. The molecule has 0 radical (unpaired) electrons. The van der Waals surface area contributed by atoms with Gasteiger partial charge in [0, 0.05) is 29.3 Å². The largest absolute Gasteiger partial charge is 0.486 e. The van der Waals surface area contributed by atoms with Gasteiger partial charge in [0.25, 0.3) is 11.2 Å². The third-order valence-electron chi connectivity index (χ3n) is 3.13. The van der Waals surface area contributed by atoms with Gasteiger partial charge in [0.15, 0.2) is 4.96 Å². The van der Waals surface area contributed by atoms with Crippen LogP contribution in [0.15, 0.2) is 34.4 Å². The van der Waals surface area contributed by atoms with E-state index in [1.54, 1.807) is 0 Å². The number of hydrogen-bond acceptors (Lipinski definition) is 6. The van der Waals surface area contributed by atoms with Crippen molar-refractivity contribution in [2.75, 3.05) is 0 Å². The SMILES string of the molecule is Cc1csc2nc(COc3ccc([N+](=O)[O-])cc3Cl)cc(=O)n12. The van der Waals surface area contributed by atoms with Gasteiger partial charge in [-0.3, -0.25) is 19.3 Å². The summed E-state index contributed by atoms with van der Waals surface area (Å²) in [5.74, 6) is 0.293. The molecule has 0 aliphatic heterocycles. The van der Waals surface area contributed by atoms with Crippen molar-refractivity contribution in [3.05, 3.63) is 66.5 Å². The van der Waals surface area contributed by atoms with Gasteiger partial charge in [0.05, 0.1) is 15.6 Å². The van der Waals surface area contributed by atoms with Crippen molar-refractivity contribution >= 4 is 33.6 Å². The first-order chi connectivity index (χ1) is 11.0. The van der Waals surface area contributed by atoms with E-state index in [4.69, 9.17) is 16.3 Å². The molecule has 0 fully saturated rings. The third kappa shape index (κ3) is 3.03. The van der Waals surface area contributed by atoms with Crippen LogP contribution in [0.1, 0.15) is 11.4 Å². The van der Waals surface area contributed by atoms with Crippen molar-refractivity contribution in [2.45, 2.75) is 13.5 Å². The molecule has 0 spiro atoms. The number of aromatic nitrogens is 2. The van der Waals surface area contributed by atoms with Crippen LogP contribution in [0.4, 0.5) is 5.69 Å². The summed E-state index contributed by atoms with van der Waals surface area (Å²) in [5.41, 5.74) is 0.996. The molecule has 0 aliphatic carbocycles. The number of non-ortho nitro benzene ring substituents is 1. The Kier molecular flexibility index (Phi) is 4.01. The van der Waals surface area contributed by atoms with Crippen LogP contribution >= 0.6 is 22.9 Å². The summed E-state index contributed by atoms with van der Waals surface area (Å²) < 4.78 is 7.03. The molecule has 118 valence electrons. The van der Waals surface area contributed by atoms with Gasteiger partial charge in [0.1, 0.15) is 12.4 Å². The minimum atomic E-state index is -0.537. The minimum absolute atomic E-state index is 0.0419. The Balaban J connectivity index is 1.83. The van der Waals surface area contributed by atoms with Gasteiger partial charge < -0.3 is 4.74 Å². The van der Waals surface area contributed by atoms with Crippen LogP contribution in [0.2, 0.25) is 5.02 Å². The van der Waals surface area contributed by atoms with E-state index in [9.17, 15) is 14.9 Å². The summed E-state index contributed by atoms with van der Waals surface area (Å²) in [6.45, 7) is 1.87. The summed E-state index contributed by atoms with van der Waals surface area (Å²) >= 11 is 7.32. The first-order valence-electron chi connectivity index (χ1n) is 6.49. The molecule has 3 aromatic rings. The van der Waals surface area contributed by atoms with Crippen LogP contribution in [0.3, 0.4) is 0 Å². The summed E-state index contributed by atoms with van der Waals surface area (Å²) in [6.07, 6.45) is 0. The molecule has 0 amide bonds. The zero-order valence-electron chi connectivity index (χ0n) is 11.9. The highest BCUT2D eigenvalue weighted by atomic mass is 35.5. The number of thiazole rings is 1. The molecule has 0 N–H and O–H groups in total. The quantitative estimate of drug-likeness (QED) is 0.532. The molecule has 0 saturated heterocycles. The molecule has 0 unspecified atom stereocenters. The van der Waals surface area contributed by atoms with E-state index >= 15 is 0 Å². The molecule has 7 nitrogen and oxygen atoms in total. The topological polar surface area (TPSA) is 86.7 Å².